The van der Waals surface area contributed by atoms with Crippen molar-refractivity contribution >= 4 is 0 Å². The average Bonchev–Trinajstić information content (AvgIpc) is 2.04. The Hall–Kier alpha value is -0.120. The summed E-state index contributed by atoms with van der Waals surface area (Å²) in [4.78, 5) is 0. The molecule has 0 aliphatic heterocycles. The van der Waals surface area contributed by atoms with Crippen LogP contribution < -0.4 is 0 Å². The maximum Gasteiger partial charge on any atom is 0.156 e. The first kappa shape index (κ1) is 11.9. The Balaban J connectivity index is 3.17. The van der Waals surface area contributed by atoms with Crippen molar-refractivity contribution < 1.29 is 14.6 Å². The standard InChI is InChI=1S/C9H20O3/c1-8(10)6-4-5-7-9(11-2)12-3/h8-10H,4-7H2,1-3H3. The van der Waals surface area contributed by atoms with Gasteiger partial charge in [-0.25, -0.2) is 0 Å². The highest BCUT2D eigenvalue weighted by atomic mass is 16.7. The molecule has 0 aliphatic carbocycles. The largest absolute Gasteiger partial charge is 0.393 e. The van der Waals surface area contributed by atoms with Gasteiger partial charge in [0.05, 0.1) is 6.10 Å². The number of methoxy groups -OCH3 is 2. The first-order chi connectivity index (χ1) is 5.70. The van der Waals surface area contributed by atoms with Crippen LogP contribution in [-0.4, -0.2) is 31.7 Å². The van der Waals surface area contributed by atoms with E-state index in [1.54, 1.807) is 14.2 Å². The summed E-state index contributed by atoms with van der Waals surface area (Å²) >= 11 is 0. The Bertz CT molecular complexity index is 89.8. The molecule has 0 heterocycles. The lowest BCUT2D eigenvalue weighted by Gasteiger charge is -2.12. The summed E-state index contributed by atoms with van der Waals surface area (Å²) in [6, 6.07) is 0. The van der Waals surface area contributed by atoms with Crippen LogP contribution in [0.25, 0.3) is 0 Å². The van der Waals surface area contributed by atoms with Crippen LogP contribution in [-0.2, 0) is 9.47 Å². The molecule has 0 aromatic heterocycles. The van der Waals surface area contributed by atoms with Crippen LogP contribution in [0.3, 0.4) is 0 Å². The number of aliphatic hydroxyl groups is 1. The molecule has 1 N–H and O–H groups in total. The molecule has 1 atom stereocenters. The fourth-order valence-corrected chi connectivity index (χ4v) is 1.08. The summed E-state index contributed by atoms with van der Waals surface area (Å²) in [5.74, 6) is 0. The van der Waals surface area contributed by atoms with Gasteiger partial charge < -0.3 is 14.6 Å². The Morgan fingerprint density at radius 2 is 1.58 bits per heavy atom. The third-order valence-corrected chi connectivity index (χ3v) is 1.84. The average molecular weight is 176 g/mol. The summed E-state index contributed by atoms with van der Waals surface area (Å²) in [5, 5.41) is 8.97. The van der Waals surface area contributed by atoms with Gasteiger partial charge in [-0.1, -0.05) is 6.42 Å². The van der Waals surface area contributed by atoms with Crippen molar-refractivity contribution in [2.75, 3.05) is 14.2 Å². The van der Waals surface area contributed by atoms with Crippen LogP contribution in [0.5, 0.6) is 0 Å². The van der Waals surface area contributed by atoms with Crippen molar-refractivity contribution in [3.63, 3.8) is 0 Å². The molecular weight excluding hydrogens is 156 g/mol. The molecule has 12 heavy (non-hydrogen) atoms. The lowest BCUT2D eigenvalue weighted by atomic mass is 10.1. The number of unbranched alkanes of at least 4 members (excludes halogenated alkanes) is 1. The molecule has 3 heteroatoms. The van der Waals surface area contributed by atoms with Gasteiger partial charge >= 0.3 is 0 Å². The molecule has 0 aromatic rings. The van der Waals surface area contributed by atoms with Gasteiger partial charge in [0.2, 0.25) is 0 Å². The zero-order valence-corrected chi connectivity index (χ0v) is 8.25. The summed E-state index contributed by atoms with van der Waals surface area (Å²) in [7, 11) is 3.28. The predicted octanol–water partition coefficient (Wildman–Crippen LogP) is 1.55. The minimum Gasteiger partial charge on any atom is -0.393 e. The second-order valence-electron chi connectivity index (χ2n) is 3.03. The number of aliphatic hydroxyl groups excluding tert-OH is 1. The van der Waals surface area contributed by atoms with Crippen LogP contribution in [0.2, 0.25) is 0 Å². The van der Waals surface area contributed by atoms with Crippen molar-refractivity contribution in [2.24, 2.45) is 0 Å². The van der Waals surface area contributed by atoms with Gasteiger partial charge in [0.15, 0.2) is 6.29 Å². The molecule has 0 radical (unpaired) electrons. The van der Waals surface area contributed by atoms with Crippen LogP contribution in [0.1, 0.15) is 32.6 Å². The Labute approximate surface area is 74.7 Å². The molecule has 0 rings (SSSR count). The maximum atomic E-state index is 8.97. The Morgan fingerprint density at radius 1 is 1.08 bits per heavy atom. The third kappa shape index (κ3) is 6.58. The van der Waals surface area contributed by atoms with Crippen LogP contribution in [0.4, 0.5) is 0 Å². The first-order valence-corrected chi connectivity index (χ1v) is 4.44. The minimum atomic E-state index is -0.187. The smallest absolute Gasteiger partial charge is 0.156 e. The lowest BCUT2D eigenvalue weighted by molar-refractivity contribution is -0.107. The molecule has 3 nitrogen and oxygen atoms in total. The van der Waals surface area contributed by atoms with Gasteiger partial charge in [-0.3, -0.25) is 0 Å². The molecule has 1 unspecified atom stereocenters. The molecule has 0 saturated carbocycles. The van der Waals surface area contributed by atoms with E-state index in [1.807, 2.05) is 6.92 Å². The number of hydrogen-bond acceptors (Lipinski definition) is 3. The molecule has 0 aliphatic rings. The van der Waals surface area contributed by atoms with Gasteiger partial charge in [0, 0.05) is 14.2 Å². The topological polar surface area (TPSA) is 38.7 Å². The molecular formula is C9H20O3. The van der Waals surface area contributed by atoms with Gasteiger partial charge in [-0.2, -0.15) is 0 Å². The van der Waals surface area contributed by atoms with Crippen LogP contribution in [0, 0.1) is 0 Å². The van der Waals surface area contributed by atoms with Crippen molar-refractivity contribution in [3.05, 3.63) is 0 Å². The van der Waals surface area contributed by atoms with Crippen LogP contribution >= 0.6 is 0 Å². The Kier molecular flexibility index (Phi) is 7.45. The monoisotopic (exact) mass is 176 g/mol. The Morgan fingerprint density at radius 3 is 2.00 bits per heavy atom. The molecule has 0 bridgehead atoms. The van der Waals surface area contributed by atoms with Gasteiger partial charge in [-0.15, -0.1) is 0 Å². The normalized spacial score (nSPS) is 13.8. The van der Waals surface area contributed by atoms with E-state index < -0.39 is 0 Å². The van der Waals surface area contributed by atoms with Crippen molar-refractivity contribution in [1.82, 2.24) is 0 Å². The fraction of sp³-hybridized carbons (Fsp3) is 1.00. The minimum absolute atomic E-state index is 0.0843. The van der Waals surface area contributed by atoms with E-state index in [0.29, 0.717) is 0 Å². The molecule has 0 amide bonds. The quantitative estimate of drug-likeness (QED) is 0.472. The van der Waals surface area contributed by atoms with Crippen molar-refractivity contribution in [1.29, 1.82) is 0 Å². The molecule has 0 aromatic carbocycles. The zero-order chi connectivity index (χ0) is 9.40. The second-order valence-corrected chi connectivity index (χ2v) is 3.03. The highest BCUT2D eigenvalue weighted by molar-refractivity contribution is 4.50. The highest BCUT2D eigenvalue weighted by Crippen LogP contribution is 2.07. The lowest BCUT2D eigenvalue weighted by Crippen LogP contribution is -2.12. The molecule has 0 fully saturated rings. The summed E-state index contributed by atoms with van der Waals surface area (Å²) in [6.07, 6.45) is 3.56. The number of rotatable bonds is 7. The maximum absolute atomic E-state index is 8.97. The molecule has 0 spiro atoms. The molecule has 0 saturated heterocycles. The second kappa shape index (κ2) is 7.53. The predicted molar refractivity (Wildman–Crippen MR) is 48.0 cm³/mol. The van der Waals surface area contributed by atoms with Gasteiger partial charge in [0.25, 0.3) is 0 Å². The van der Waals surface area contributed by atoms with Crippen molar-refractivity contribution in [2.45, 2.75) is 45.0 Å². The zero-order valence-electron chi connectivity index (χ0n) is 8.25. The van der Waals surface area contributed by atoms with E-state index in [-0.39, 0.29) is 12.4 Å². The first-order valence-electron chi connectivity index (χ1n) is 4.44. The number of ether oxygens (including phenoxy) is 2. The summed E-state index contributed by atoms with van der Waals surface area (Å²) in [5.41, 5.74) is 0. The highest BCUT2D eigenvalue weighted by Gasteiger charge is 2.04. The van der Waals surface area contributed by atoms with E-state index in [9.17, 15) is 0 Å². The molecule has 74 valence electrons. The van der Waals surface area contributed by atoms with Gasteiger partial charge in [-0.05, 0) is 26.2 Å². The fourth-order valence-electron chi connectivity index (χ4n) is 1.08. The van der Waals surface area contributed by atoms with E-state index in [0.717, 1.165) is 25.7 Å². The summed E-state index contributed by atoms with van der Waals surface area (Å²) < 4.78 is 10.0. The van der Waals surface area contributed by atoms with Crippen LogP contribution in [0.15, 0.2) is 0 Å². The van der Waals surface area contributed by atoms with Crippen molar-refractivity contribution in [3.8, 4) is 0 Å². The summed E-state index contributed by atoms with van der Waals surface area (Å²) in [6.45, 7) is 1.81. The third-order valence-electron chi connectivity index (χ3n) is 1.84. The van der Waals surface area contributed by atoms with E-state index in [4.69, 9.17) is 14.6 Å². The SMILES string of the molecule is COC(CCCCC(C)O)OC. The van der Waals surface area contributed by atoms with E-state index in [2.05, 4.69) is 0 Å². The van der Waals surface area contributed by atoms with E-state index >= 15 is 0 Å². The van der Waals surface area contributed by atoms with Gasteiger partial charge in [0.1, 0.15) is 0 Å². The number of hydrogen-bond donors (Lipinski definition) is 1. The van der Waals surface area contributed by atoms with E-state index in [1.165, 1.54) is 0 Å².